The van der Waals surface area contributed by atoms with Gasteiger partial charge in [0, 0.05) is 0 Å². The Labute approximate surface area is 115 Å². The molecule has 0 fully saturated rings. The number of methoxy groups -OCH3 is 1. The van der Waals surface area contributed by atoms with Gasteiger partial charge in [-0.15, -0.1) is 0 Å². The molecular weight excluding hydrogens is 260 g/mol. The molecule has 5 heteroatoms. The molecule has 1 aliphatic rings. The lowest BCUT2D eigenvalue weighted by Crippen LogP contribution is -2.31. The number of carbonyl (C=O) groups excluding carboxylic acids is 2. The average Bonchev–Trinajstić information content (AvgIpc) is 3.00. The van der Waals surface area contributed by atoms with Crippen LogP contribution in [-0.2, 0) is 14.3 Å². The number of furan rings is 1. The van der Waals surface area contributed by atoms with Crippen LogP contribution in [-0.4, -0.2) is 19.0 Å². The number of rotatable bonds is 2. The summed E-state index contributed by atoms with van der Waals surface area (Å²) < 4.78 is 15.5. The fourth-order valence-corrected chi connectivity index (χ4v) is 2.42. The highest BCUT2D eigenvalue weighted by Crippen LogP contribution is 2.41. The predicted molar refractivity (Wildman–Crippen MR) is 68.1 cm³/mol. The first-order chi connectivity index (χ1) is 9.72. The Bertz CT molecular complexity index is 644. The summed E-state index contributed by atoms with van der Waals surface area (Å²) in [6.45, 7) is 0. The molecule has 0 amide bonds. The third kappa shape index (κ3) is 1.87. The van der Waals surface area contributed by atoms with Crippen molar-refractivity contribution in [3.05, 3.63) is 59.5 Å². The van der Waals surface area contributed by atoms with Crippen LogP contribution in [0, 0.1) is 0 Å². The van der Waals surface area contributed by atoms with Crippen molar-refractivity contribution in [3.63, 3.8) is 0 Å². The van der Waals surface area contributed by atoms with Crippen molar-refractivity contribution >= 4 is 11.9 Å². The van der Waals surface area contributed by atoms with Crippen molar-refractivity contribution in [1.29, 1.82) is 0 Å². The zero-order chi connectivity index (χ0) is 14.1. The Morgan fingerprint density at radius 1 is 1.20 bits per heavy atom. The van der Waals surface area contributed by atoms with Gasteiger partial charge in [0.2, 0.25) is 0 Å². The quantitative estimate of drug-likeness (QED) is 0.785. The van der Waals surface area contributed by atoms with E-state index in [4.69, 9.17) is 13.9 Å². The summed E-state index contributed by atoms with van der Waals surface area (Å²) in [5.41, 5.74) is 0.975. The van der Waals surface area contributed by atoms with E-state index in [2.05, 4.69) is 0 Å². The van der Waals surface area contributed by atoms with Crippen LogP contribution in [0.1, 0.15) is 33.7 Å². The van der Waals surface area contributed by atoms with E-state index in [1.165, 1.54) is 13.4 Å². The molecule has 0 unspecified atom stereocenters. The third-order valence-electron chi connectivity index (χ3n) is 3.33. The van der Waals surface area contributed by atoms with Crippen LogP contribution in [0.2, 0.25) is 0 Å². The molecule has 0 N–H and O–H groups in total. The zero-order valence-corrected chi connectivity index (χ0v) is 10.7. The number of fused-ring (bicyclic) bond motifs is 1. The molecule has 3 rings (SSSR count). The molecule has 1 aromatic carbocycles. The molecule has 0 spiro atoms. The van der Waals surface area contributed by atoms with Gasteiger partial charge in [-0.3, -0.25) is 4.79 Å². The zero-order valence-electron chi connectivity index (χ0n) is 10.7. The van der Waals surface area contributed by atoms with Gasteiger partial charge in [-0.25, -0.2) is 4.79 Å². The fraction of sp³-hybridized carbons (Fsp3) is 0.200. The molecule has 0 aliphatic carbocycles. The summed E-state index contributed by atoms with van der Waals surface area (Å²) in [4.78, 5) is 24.1. The van der Waals surface area contributed by atoms with Gasteiger partial charge in [0.15, 0.2) is 6.10 Å². The Balaban J connectivity index is 2.13. The molecule has 1 aromatic heterocycles. The van der Waals surface area contributed by atoms with E-state index < -0.39 is 24.0 Å². The number of carbonyl (C=O) groups is 2. The van der Waals surface area contributed by atoms with E-state index in [1.54, 1.807) is 36.4 Å². The Morgan fingerprint density at radius 3 is 2.70 bits per heavy atom. The summed E-state index contributed by atoms with van der Waals surface area (Å²) in [5.74, 6) is -1.24. The first-order valence-electron chi connectivity index (χ1n) is 6.13. The molecule has 2 aromatic rings. The summed E-state index contributed by atoms with van der Waals surface area (Å²) in [7, 11) is 1.31. The maximum absolute atomic E-state index is 12.1. The molecule has 2 atom stereocenters. The molecule has 2 heterocycles. The molecule has 0 saturated carbocycles. The third-order valence-corrected chi connectivity index (χ3v) is 3.33. The highest BCUT2D eigenvalue weighted by Gasteiger charge is 2.43. The Kier molecular flexibility index (Phi) is 3.02. The smallest absolute Gasteiger partial charge is 0.339 e. The van der Waals surface area contributed by atoms with Crippen LogP contribution >= 0.6 is 0 Å². The minimum Gasteiger partial charge on any atom is -0.468 e. The highest BCUT2D eigenvalue weighted by molar-refractivity contribution is 5.96. The van der Waals surface area contributed by atoms with Gasteiger partial charge in [-0.1, -0.05) is 18.2 Å². The van der Waals surface area contributed by atoms with Crippen LogP contribution in [0.15, 0.2) is 47.1 Å². The number of hydrogen-bond donors (Lipinski definition) is 0. The minimum absolute atomic E-state index is 0.380. The normalized spacial score (nSPS) is 20.9. The molecule has 0 saturated heterocycles. The SMILES string of the molecule is COC(=O)[C@H]1c2ccccc2C(=O)O[C@H]1c1ccco1. The summed E-state index contributed by atoms with van der Waals surface area (Å²) in [6.07, 6.45) is 0.665. The standard InChI is InChI=1S/C15H12O5/c1-18-15(17)12-9-5-2-3-6-10(9)14(16)20-13(12)11-7-4-8-19-11/h2-8,12-13H,1H3/t12-,13-/m0/s1. The summed E-state index contributed by atoms with van der Waals surface area (Å²) >= 11 is 0. The first kappa shape index (κ1) is 12.5. The van der Waals surface area contributed by atoms with E-state index >= 15 is 0 Å². The second-order valence-electron chi connectivity index (χ2n) is 4.43. The lowest BCUT2D eigenvalue weighted by atomic mass is 9.86. The van der Waals surface area contributed by atoms with E-state index in [0.717, 1.165) is 0 Å². The molecule has 1 aliphatic heterocycles. The second-order valence-corrected chi connectivity index (χ2v) is 4.43. The largest absolute Gasteiger partial charge is 0.468 e. The molecule has 20 heavy (non-hydrogen) atoms. The van der Waals surface area contributed by atoms with Gasteiger partial charge < -0.3 is 13.9 Å². The number of ether oxygens (including phenoxy) is 2. The van der Waals surface area contributed by atoms with Gasteiger partial charge in [0.25, 0.3) is 0 Å². The first-order valence-corrected chi connectivity index (χ1v) is 6.13. The van der Waals surface area contributed by atoms with Gasteiger partial charge in [0.05, 0.1) is 18.9 Å². The maximum Gasteiger partial charge on any atom is 0.339 e. The lowest BCUT2D eigenvalue weighted by Gasteiger charge is -2.29. The van der Waals surface area contributed by atoms with Crippen molar-refractivity contribution in [2.24, 2.45) is 0 Å². The topological polar surface area (TPSA) is 65.7 Å². The van der Waals surface area contributed by atoms with Crippen LogP contribution in [0.5, 0.6) is 0 Å². The van der Waals surface area contributed by atoms with Crippen molar-refractivity contribution in [3.8, 4) is 0 Å². The molecule has 5 nitrogen and oxygen atoms in total. The van der Waals surface area contributed by atoms with Crippen molar-refractivity contribution in [1.82, 2.24) is 0 Å². The molecule has 102 valence electrons. The number of esters is 2. The van der Waals surface area contributed by atoms with Crippen molar-refractivity contribution in [2.75, 3.05) is 7.11 Å². The monoisotopic (exact) mass is 272 g/mol. The van der Waals surface area contributed by atoms with Crippen molar-refractivity contribution < 1.29 is 23.5 Å². The van der Waals surface area contributed by atoms with E-state index in [0.29, 0.717) is 16.9 Å². The Morgan fingerprint density at radius 2 is 2.00 bits per heavy atom. The van der Waals surface area contributed by atoms with E-state index in [9.17, 15) is 9.59 Å². The summed E-state index contributed by atoms with van der Waals surface area (Å²) in [6, 6.07) is 10.2. The second kappa shape index (κ2) is 4.85. The minimum atomic E-state index is -0.806. The van der Waals surface area contributed by atoms with E-state index in [-0.39, 0.29) is 0 Å². The average molecular weight is 272 g/mol. The highest BCUT2D eigenvalue weighted by atomic mass is 16.6. The van der Waals surface area contributed by atoms with Gasteiger partial charge in [-0.2, -0.15) is 0 Å². The number of cyclic esters (lactones) is 1. The van der Waals surface area contributed by atoms with Crippen LogP contribution in [0.25, 0.3) is 0 Å². The van der Waals surface area contributed by atoms with Crippen molar-refractivity contribution in [2.45, 2.75) is 12.0 Å². The number of benzene rings is 1. The van der Waals surface area contributed by atoms with Crippen LogP contribution < -0.4 is 0 Å². The molecule has 0 radical (unpaired) electrons. The fourth-order valence-electron chi connectivity index (χ4n) is 2.42. The van der Waals surface area contributed by atoms with Crippen LogP contribution in [0.3, 0.4) is 0 Å². The molecule has 0 bridgehead atoms. The maximum atomic E-state index is 12.1. The van der Waals surface area contributed by atoms with Gasteiger partial charge >= 0.3 is 11.9 Å². The van der Waals surface area contributed by atoms with Crippen LogP contribution in [0.4, 0.5) is 0 Å². The van der Waals surface area contributed by atoms with E-state index in [1.807, 2.05) is 0 Å². The van der Waals surface area contributed by atoms with Gasteiger partial charge in [-0.05, 0) is 23.8 Å². The van der Waals surface area contributed by atoms with Gasteiger partial charge in [0.1, 0.15) is 11.7 Å². The predicted octanol–water partition coefficient (Wildman–Crippen LogP) is 2.45. The molecular formula is C15H12O5. The number of hydrogen-bond acceptors (Lipinski definition) is 5. The summed E-state index contributed by atoms with van der Waals surface area (Å²) in [5, 5.41) is 0. The Hall–Kier alpha value is -2.56. The lowest BCUT2D eigenvalue weighted by molar-refractivity contribution is -0.146.